The zero-order valence-corrected chi connectivity index (χ0v) is 13.4. The summed E-state index contributed by atoms with van der Waals surface area (Å²) in [5.74, 6) is 2.50. The van der Waals surface area contributed by atoms with Crippen molar-refractivity contribution in [1.82, 2.24) is 0 Å². The van der Waals surface area contributed by atoms with Gasteiger partial charge < -0.3 is 14.2 Å². The van der Waals surface area contributed by atoms with E-state index in [1.54, 1.807) is 7.11 Å². The minimum absolute atomic E-state index is 0.545. The molecule has 3 nitrogen and oxygen atoms in total. The van der Waals surface area contributed by atoms with Crippen molar-refractivity contribution in [3.05, 3.63) is 65.2 Å². The van der Waals surface area contributed by atoms with Crippen molar-refractivity contribution in [2.45, 2.75) is 6.92 Å². The van der Waals surface area contributed by atoms with Crippen LogP contribution in [0.5, 0.6) is 17.2 Å². The second-order valence-electron chi connectivity index (χ2n) is 5.22. The third-order valence-corrected chi connectivity index (χ3v) is 3.64. The Balaban J connectivity index is 1.79. The van der Waals surface area contributed by atoms with Gasteiger partial charge in [-0.2, -0.15) is 0 Å². The average Bonchev–Trinajstić information content (AvgIpc) is 2.60. The summed E-state index contributed by atoms with van der Waals surface area (Å²) in [6.45, 7) is 3.15. The molecule has 0 saturated carbocycles. The Bertz CT molecular complexity index is 727. The molecule has 0 radical (unpaired) electrons. The minimum Gasteiger partial charge on any atom is -0.497 e. The molecule has 1 aliphatic rings. The zero-order valence-electron chi connectivity index (χ0n) is 13.4. The van der Waals surface area contributed by atoms with Gasteiger partial charge in [-0.15, -0.1) is 0 Å². The standard InChI is InChI=1S/C20H20O3/c1-3-22-19-6-4-5-17-13-16(14-23-20(17)19)8-7-15-9-11-18(21-2)12-10-15/h4-13H,3,14H2,1-2H3/b8-7+. The van der Waals surface area contributed by atoms with E-state index in [-0.39, 0.29) is 0 Å². The van der Waals surface area contributed by atoms with Crippen molar-refractivity contribution in [1.29, 1.82) is 0 Å². The molecular formula is C20H20O3. The highest BCUT2D eigenvalue weighted by molar-refractivity contribution is 5.70. The van der Waals surface area contributed by atoms with Crippen molar-refractivity contribution in [2.75, 3.05) is 20.3 Å². The third-order valence-electron chi connectivity index (χ3n) is 3.64. The molecule has 0 aliphatic carbocycles. The summed E-state index contributed by atoms with van der Waals surface area (Å²) in [5, 5.41) is 0. The van der Waals surface area contributed by atoms with E-state index in [1.165, 1.54) is 0 Å². The predicted octanol–water partition coefficient (Wildman–Crippen LogP) is 4.58. The van der Waals surface area contributed by atoms with Gasteiger partial charge in [-0.05, 0) is 42.3 Å². The Morgan fingerprint density at radius 3 is 2.65 bits per heavy atom. The molecule has 1 heterocycles. The second kappa shape index (κ2) is 7.05. The summed E-state index contributed by atoms with van der Waals surface area (Å²) in [7, 11) is 1.67. The van der Waals surface area contributed by atoms with Crippen LogP contribution in [0.25, 0.3) is 12.2 Å². The van der Waals surface area contributed by atoms with Crippen molar-refractivity contribution in [3.63, 3.8) is 0 Å². The summed E-state index contributed by atoms with van der Waals surface area (Å²) in [4.78, 5) is 0. The maximum Gasteiger partial charge on any atom is 0.168 e. The molecule has 0 saturated heterocycles. The first-order chi connectivity index (χ1) is 11.3. The summed E-state index contributed by atoms with van der Waals surface area (Å²) in [6.07, 6.45) is 6.30. The molecule has 0 spiro atoms. The summed E-state index contributed by atoms with van der Waals surface area (Å²) >= 11 is 0. The van der Waals surface area contributed by atoms with Crippen LogP contribution in [0.4, 0.5) is 0 Å². The van der Waals surface area contributed by atoms with Crippen LogP contribution in [0.15, 0.2) is 54.1 Å². The lowest BCUT2D eigenvalue weighted by atomic mass is 10.1. The molecule has 2 aromatic rings. The highest BCUT2D eigenvalue weighted by Crippen LogP contribution is 2.36. The number of fused-ring (bicyclic) bond motifs is 1. The van der Waals surface area contributed by atoms with E-state index >= 15 is 0 Å². The lowest BCUT2D eigenvalue weighted by Crippen LogP contribution is -2.07. The van der Waals surface area contributed by atoms with Gasteiger partial charge in [0.15, 0.2) is 11.5 Å². The summed E-state index contributed by atoms with van der Waals surface area (Å²) in [5.41, 5.74) is 3.30. The van der Waals surface area contributed by atoms with Crippen LogP contribution >= 0.6 is 0 Å². The highest BCUT2D eigenvalue weighted by Gasteiger charge is 2.14. The second-order valence-corrected chi connectivity index (χ2v) is 5.22. The molecule has 0 amide bonds. The van der Waals surface area contributed by atoms with Crippen molar-refractivity contribution >= 4 is 12.2 Å². The normalized spacial score (nSPS) is 13.2. The number of rotatable bonds is 5. The van der Waals surface area contributed by atoms with E-state index in [4.69, 9.17) is 14.2 Å². The number of methoxy groups -OCH3 is 1. The van der Waals surface area contributed by atoms with E-state index in [2.05, 4.69) is 18.2 Å². The molecule has 0 atom stereocenters. The summed E-state index contributed by atoms with van der Waals surface area (Å²) < 4.78 is 16.7. The average molecular weight is 308 g/mol. The first-order valence-corrected chi connectivity index (χ1v) is 7.71. The largest absolute Gasteiger partial charge is 0.497 e. The van der Waals surface area contributed by atoms with E-state index in [0.717, 1.165) is 33.9 Å². The Morgan fingerprint density at radius 1 is 1.09 bits per heavy atom. The van der Waals surface area contributed by atoms with Gasteiger partial charge in [0.05, 0.1) is 13.7 Å². The molecule has 0 N–H and O–H groups in total. The number of hydrogen-bond donors (Lipinski definition) is 0. The molecule has 2 aromatic carbocycles. The lowest BCUT2D eigenvalue weighted by molar-refractivity contribution is 0.292. The fraction of sp³-hybridized carbons (Fsp3) is 0.200. The van der Waals surface area contributed by atoms with Crippen LogP contribution in [-0.4, -0.2) is 20.3 Å². The Labute approximate surface area is 136 Å². The molecule has 0 fully saturated rings. The highest BCUT2D eigenvalue weighted by atomic mass is 16.5. The molecule has 23 heavy (non-hydrogen) atoms. The molecule has 3 heteroatoms. The van der Waals surface area contributed by atoms with Crippen LogP contribution < -0.4 is 14.2 Å². The number of benzene rings is 2. The van der Waals surface area contributed by atoms with E-state index in [9.17, 15) is 0 Å². The molecular weight excluding hydrogens is 288 g/mol. The molecule has 3 rings (SSSR count). The van der Waals surface area contributed by atoms with E-state index < -0.39 is 0 Å². The van der Waals surface area contributed by atoms with E-state index in [1.807, 2.05) is 49.4 Å². The summed E-state index contributed by atoms with van der Waals surface area (Å²) in [6, 6.07) is 13.9. The van der Waals surface area contributed by atoms with Gasteiger partial charge in [0.25, 0.3) is 0 Å². The fourth-order valence-electron chi connectivity index (χ4n) is 2.48. The Kier molecular flexibility index (Phi) is 4.67. The third kappa shape index (κ3) is 3.57. The molecule has 0 bridgehead atoms. The minimum atomic E-state index is 0.545. The number of ether oxygens (including phenoxy) is 3. The fourth-order valence-corrected chi connectivity index (χ4v) is 2.48. The van der Waals surface area contributed by atoms with Crippen LogP contribution in [0.1, 0.15) is 18.1 Å². The van der Waals surface area contributed by atoms with E-state index in [0.29, 0.717) is 13.2 Å². The lowest BCUT2D eigenvalue weighted by Gasteiger charge is -2.19. The Morgan fingerprint density at radius 2 is 1.91 bits per heavy atom. The van der Waals surface area contributed by atoms with Crippen LogP contribution in [-0.2, 0) is 0 Å². The van der Waals surface area contributed by atoms with Crippen molar-refractivity contribution in [2.24, 2.45) is 0 Å². The van der Waals surface area contributed by atoms with Gasteiger partial charge in [0.2, 0.25) is 0 Å². The Hall–Kier alpha value is -2.68. The zero-order chi connectivity index (χ0) is 16.1. The van der Waals surface area contributed by atoms with Gasteiger partial charge in [-0.1, -0.05) is 36.4 Å². The smallest absolute Gasteiger partial charge is 0.168 e. The van der Waals surface area contributed by atoms with Gasteiger partial charge >= 0.3 is 0 Å². The SMILES string of the molecule is CCOc1cccc2c1OCC(/C=C/c1ccc(OC)cc1)=C2. The van der Waals surface area contributed by atoms with Crippen molar-refractivity contribution in [3.8, 4) is 17.2 Å². The number of hydrogen-bond acceptors (Lipinski definition) is 3. The molecule has 0 aromatic heterocycles. The first-order valence-electron chi connectivity index (χ1n) is 7.71. The predicted molar refractivity (Wildman–Crippen MR) is 93.1 cm³/mol. The van der Waals surface area contributed by atoms with Gasteiger partial charge in [-0.3, -0.25) is 0 Å². The van der Waals surface area contributed by atoms with Gasteiger partial charge in [0, 0.05) is 5.56 Å². The van der Waals surface area contributed by atoms with Crippen LogP contribution in [0.2, 0.25) is 0 Å². The van der Waals surface area contributed by atoms with Crippen LogP contribution in [0.3, 0.4) is 0 Å². The maximum absolute atomic E-state index is 5.88. The molecule has 0 unspecified atom stereocenters. The van der Waals surface area contributed by atoms with Gasteiger partial charge in [-0.25, -0.2) is 0 Å². The maximum atomic E-state index is 5.88. The van der Waals surface area contributed by atoms with Crippen LogP contribution in [0, 0.1) is 0 Å². The quantitative estimate of drug-likeness (QED) is 0.809. The monoisotopic (exact) mass is 308 g/mol. The topological polar surface area (TPSA) is 27.7 Å². The van der Waals surface area contributed by atoms with Gasteiger partial charge in [0.1, 0.15) is 12.4 Å². The van der Waals surface area contributed by atoms with Crippen molar-refractivity contribution < 1.29 is 14.2 Å². The molecule has 118 valence electrons. The number of para-hydroxylation sites is 1. The molecule has 1 aliphatic heterocycles. The first kappa shape index (κ1) is 15.2.